The molecule has 45 heavy (non-hydrogen) atoms. The molecule has 0 unspecified atom stereocenters. The minimum absolute atomic E-state index is 0.0400. The van der Waals surface area contributed by atoms with Gasteiger partial charge in [-0.15, -0.1) is 0 Å². The van der Waals surface area contributed by atoms with E-state index in [1.807, 2.05) is 48.5 Å². The third kappa shape index (κ3) is 13.8. The Labute approximate surface area is 271 Å². The minimum atomic E-state index is -0.0400. The molecule has 8 nitrogen and oxygen atoms in total. The lowest BCUT2D eigenvalue weighted by atomic mass is 10.1. The summed E-state index contributed by atoms with van der Waals surface area (Å²) in [5, 5.41) is 6.04. The molecule has 2 fully saturated rings. The van der Waals surface area contributed by atoms with E-state index >= 15 is 0 Å². The summed E-state index contributed by atoms with van der Waals surface area (Å²) in [7, 11) is 0. The Balaban J connectivity index is 0.957. The van der Waals surface area contributed by atoms with Crippen molar-refractivity contribution >= 4 is 11.8 Å². The van der Waals surface area contributed by atoms with Crippen LogP contribution in [-0.2, 0) is 0 Å². The van der Waals surface area contributed by atoms with Gasteiger partial charge in [0.1, 0.15) is 11.5 Å². The number of carbonyl (C=O) groups is 2. The van der Waals surface area contributed by atoms with Crippen molar-refractivity contribution < 1.29 is 19.1 Å². The molecule has 248 valence electrons. The van der Waals surface area contributed by atoms with Crippen LogP contribution in [0.15, 0.2) is 48.5 Å². The normalized spacial score (nSPS) is 15.8. The molecular weight excluding hydrogens is 564 g/mol. The van der Waals surface area contributed by atoms with Crippen LogP contribution >= 0.6 is 0 Å². The standard InChI is InChI=1S/C37H56N4O4/c42-36(32-14-18-34(19-15-32)44-30-12-28-40-24-8-4-9-25-40)38-22-6-2-1-3-7-23-39-37(43)33-16-20-35(21-17-33)45-31-13-29-41-26-10-5-11-27-41/h14-21H,1-13,22-31H2,(H,38,42)(H,39,43). The van der Waals surface area contributed by atoms with Crippen molar-refractivity contribution in [2.75, 3.05) is 65.6 Å². The monoisotopic (exact) mass is 620 g/mol. The summed E-state index contributed by atoms with van der Waals surface area (Å²) in [5.74, 6) is 1.56. The topological polar surface area (TPSA) is 83.1 Å². The third-order valence-electron chi connectivity index (χ3n) is 8.83. The maximum absolute atomic E-state index is 12.5. The summed E-state index contributed by atoms with van der Waals surface area (Å²) in [5.41, 5.74) is 1.33. The molecule has 2 heterocycles. The maximum Gasteiger partial charge on any atom is 0.251 e. The van der Waals surface area contributed by atoms with Crippen molar-refractivity contribution in [1.82, 2.24) is 20.4 Å². The number of likely N-dealkylation sites (tertiary alicyclic amines) is 2. The molecule has 2 aliphatic heterocycles. The minimum Gasteiger partial charge on any atom is -0.494 e. The van der Waals surface area contributed by atoms with E-state index in [0.29, 0.717) is 37.4 Å². The number of hydrogen-bond donors (Lipinski definition) is 2. The highest BCUT2D eigenvalue weighted by Crippen LogP contribution is 2.15. The molecule has 0 saturated carbocycles. The predicted molar refractivity (Wildman–Crippen MR) is 181 cm³/mol. The zero-order valence-corrected chi connectivity index (χ0v) is 27.4. The number of ether oxygens (including phenoxy) is 2. The van der Waals surface area contributed by atoms with Crippen LogP contribution in [0.3, 0.4) is 0 Å². The van der Waals surface area contributed by atoms with Crippen molar-refractivity contribution in [1.29, 1.82) is 0 Å². The zero-order valence-electron chi connectivity index (χ0n) is 27.4. The smallest absolute Gasteiger partial charge is 0.251 e. The molecule has 0 aromatic heterocycles. The quantitative estimate of drug-likeness (QED) is 0.169. The van der Waals surface area contributed by atoms with E-state index in [1.54, 1.807) is 0 Å². The fourth-order valence-electron chi connectivity index (χ4n) is 6.12. The number of carbonyl (C=O) groups excluding carboxylic acids is 2. The van der Waals surface area contributed by atoms with Gasteiger partial charge in [0, 0.05) is 37.3 Å². The van der Waals surface area contributed by atoms with E-state index in [-0.39, 0.29) is 11.8 Å². The molecule has 2 amide bonds. The third-order valence-corrected chi connectivity index (χ3v) is 8.83. The fourth-order valence-corrected chi connectivity index (χ4v) is 6.12. The highest BCUT2D eigenvalue weighted by molar-refractivity contribution is 5.94. The molecule has 2 saturated heterocycles. The van der Waals surface area contributed by atoms with Gasteiger partial charge in [0.25, 0.3) is 11.8 Å². The average Bonchev–Trinajstić information content (AvgIpc) is 3.09. The van der Waals surface area contributed by atoms with Crippen molar-refractivity contribution in [2.24, 2.45) is 0 Å². The number of amides is 2. The van der Waals surface area contributed by atoms with E-state index < -0.39 is 0 Å². The zero-order chi connectivity index (χ0) is 31.4. The van der Waals surface area contributed by atoms with Crippen molar-refractivity contribution in [2.45, 2.75) is 83.5 Å². The van der Waals surface area contributed by atoms with Crippen LogP contribution in [0, 0.1) is 0 Å². The van der Waals surface area contributed by atoms with Crippen molar-refractivity contribution in [3.63, 3.8) is 0 Å². The second-order valence-corrected chi connectivity index (χ2v) is 12.5. The Hall–Kier alpha value is -3.10. The average molecular weight is 621 g/mol. The van der Waals surface area contributed by atoms with Gasteiger partial charge in [-0.25, -0.2) is 0 Å². The number of hydrogen-bond acceptors (Lipinski definition) is 6. The lowest BCUT2D eigenvalue weighted by Crippen LogP contribution is -2.31. The maximum atomic E-state index is 12.5. The number of nitrogens with zero attached hydrogens (tertiary/aromatic N) is 2. The van der Waals surface area contributed by atoms with Gasteiger partial charge in [0.15, 0.2) is 0 Å². The SMILES string of the molecule is O=C(NCCCCCCCNC(=O)c1ccc(OCCCN2CCCCC2)cc1)c1ccc(OCCCN2CCCCC2)cc1. The van der Waals surface area contributed by atoms with Crippen LogP contribution in [0.1, 0.15) is 104 Å². The molecule has 0 aliphatic carbocycles. The van der Waals surface area contributed by atoms with E-state index in [2.05, 4.69) is 20.4 Å². The second kappa shape index (κ2) is 20.8. The molecule has 2 aliphatic rings. The first-order valence-corrected chi connectivity index (χ1v) is 17.6. The van der Waals surface area contributed by atoms with Gasteiger partial charge in [-0.1, -0.05) is 32.1 Å². The van der Waals surface area contributed by atoms with Gasteiger partial charge in [-0.05, 0) is 126 Å². The lowest BCUT2D eigenvalue weighted by molar-refractivity contribution is 0.0945. The first-order valence-electron chi connectivity index (χ1n) is 17.6. The summed E-state index contributed by atoms with van der Waals surface area (Å²) >= 11 is 0. The fraction of sp³-hybridized carbons (Fsp3) is 0.622. The molecular formula is C37H56N4O4. The molecule has 0 spiro atoms. The van der Waals surface area contributed by atoms with Crippen LogP contribution in [0.2, 0.25) is 0 Å². The number of rotatable bonds is 20. The van der Waals surface area contributed by atoms with Gasteiger partial charge >= 0.3 is 0 Å². The number of nitrogens with one attached hydrogen (secondary N) is 2. The van der Waals surface area contributed by atoms with Gasteiger partial charge in [-0.2, -0.15) is 0 Å². The van der Waals surface area contributed by atoms with E-state index in [4.69, 9.17) is 9.47 Å². The van der Waals surface area contributed by atoms with Crippen molar-refractivity contribution in [3.05, 3.63) is 59.7 Å². The second-order valence-electron chi connectivity index (χ2n) is 12.5. The molecule has 2 aromatic carbocycles. The molecule has 4 rings (SSSR count). The highest BCUT2D eigenvalue weighted by atomic mass is 16.5. The highest BCUT2D eigenvalue weighted by Gasteiger charge is 2.11. The largest absolute Gasteiger partial charge is 0.494 e. The molecule has 2 aromatic rings. The van der Waals surface area contributed by atoms with Crippen LogP contribution in [0.4, 0.5) is 0 Å². The molecule has 0 atom stereocenters. The predicted octanol–water partition coefficient (Wildman–Crippen LogP) is 6.31. The summed E-state index contributed by atoms with van der Waals surface area (Å²) < 4.78 is 11.7. The van der Waals surface area contributed by atoms with Gasteiger partial charge in [-0.3, -0.25) is 9.59 Å². The van der Waals surface area contributed by atoms with Gasteiger partial charge in [0.2, 0.25) is 0 Å². The number of unbranched alkanes of at least 4 members (excludes halogenated alkanes) is 4. The van der Waals surface area contributed by atoms with Gasteiger partial charge in [0.05, 0.1) is 13.2 Å². The molecule has 0 radical (unpaired) electrons. The summed E-state index contributed by atoms with van der Waals surface area (Å²) in [6.07, 6.45) is 15.1. The first kappa shape index (κ1) is 34.8. The Morgan fingerprint density at radius 2 is 0.889 bits per heavy atom. The Morgan fingerprint density at radius 3 is 1.29 bits per heavy atom. The van der Waals surface area contributed by atoms with Crippen LogP contribution in [-0.4, -0.2) is 87.2 Å². The first-order chi connectivity index (χ1) is 22.2. The number of benzene rings is 2. The van der Waals surface area contributed by atoms with Crippen LogP contribution in [0.25, 0.3) is 0 Å². The summed E-state index contributed by atoms with van der Waals surface area (Å²) in [6, 6.07) is 14.9. The molecule has 8 heteroatoms. The van der Waals surface area contributed by atoms with Crippen LogP contribution in [0.5, 0.6) is 11.5 Å². The van der Waals surface area contributed by atoms with Crippen molar-refractivity contribution in [3.8, 4) is 11.5 Å². The Kier molecular flexibility index (Phi) is 16.1. The van der Waals surface area contributed by atoms with Crippen LogP contribution < -0.4 is 20.1 Å². The molecule has 2 N–H and O–H groups in total. The van der Waals surface area contributed by atoms with Gasteiger partial charge < -0.3 is 29.9 Å². The van der Waals surface area contributed by atoms with E-state index in [1.165, 1.54) is 64.7 Å². The van der Waals surface area contributed by atoms with E-state index in [0.717, 1.165) is 69.5 Å². The summed E-state index contributed by atoms with van der Waals surface area (Å²) in [6.45, 7) is 9.82. The molecule has 0 bridgehead atoms. The Bertz CT molecular complexity index is 1010. The van der Waals surface area contributed by atoms with E-state index in [9.17, 15) is 9.59 Å². The lowest BCUT2D eigenvalue weighted by Gasteiger charge is -2.26. The number of piperidine rings is 2. The summed E-state index contributed by atoms with van der Waals surface area (Å²) in [4.78, 5) is 30.0. The Morgan fingerprint density at radius 1 is 0.511 bits per heavy atom.